The van der Waals surface area contributed by atoms with Gasteiger partial charge in [0, 0.05) is 43.2 Å². The Kier molecular flexibility index (Phi) is 10.7. The summed E-state index contributed by atoms with van der Waals surface area (Å²) >= 11 is 6.51. The third-order valence-electron chi connectivity index (χ3n) is 9.28. The molecule has 3 aliphatic rings. The number of aryl methyl sites for hydroxylation is 1. The average Bonchev–Trinajstić information content (AvgIpc) is 3.94. The normalized spacial score (nSPS) is 19.8. The number of halogens is 4. The van der Waals surface area contributed by atoms with Gasteiger partial charge < -0.3 is 25.0 Å². The fraction of sp³-hybridized carbons (Fsp3) is 0.378. The molecule has 2 aliphatic heterocycles. The van der Waals surface area contributed by atoms with Gasteiger partial charge in [-0.2, -0.15) is 4.39 Å². The smallest absolute Gasteiger partial charge is 0.317 e. The van der Waals surface area contributed by atoms with E-state index in [1.54, 1.807) is 11.0 Å². The highest BCUT2D eigenvalue weighted by molar-refractivity contribution is 6.31. The van der Waals surface area contributed by atoms with Crippen LogP contribution in [0.1, 0.15) is 48.8 Å². The summed E-state index contributed by atoms with van der Waals surface area (Å²) in [5.74, 6) is -5.36. The van der Waals surface area contributed by atoms with Gasteiger partial charge in [-0.15, -0.1) is 0 Å². The molecule has 1 aliphatic carbocycles. The second-order valence-corrected chi connectivity index (χ2v) is 13.4. The first-order chi connectivity index (χ1) is 24.0. The lowest BCUT2D eigenvalue weighted by molar-refractivity contribution is -0.142. The first-order valence-electron chi connectivity index (χ1n) is 16.7. The number of urea groups is 1. The molecule has 3 aromatic rings. The molecule has 50 heavy (non-hydrogen) atoms. The van der Waals surface area contributed by atoms with Gasteiger partial charge in [0.1, 0.15) is 5.54 Å². The highest BCUT2D eigenvalue weighted by Crippen LogP contribution is 2.39. The zero-order valence-corrected chi connectivity index (χ0v) is 28.0. The summed E-state index contributed by atoms with van der Waals surface area (Å²) in [5.41, 5.74) is 2.52. The minimum absolute atomic E-state index is 0.00570. The van der Waals surface area contributed by atoms with Crippen LogP contribution in [0.5, 0.6) is 5.75 Å². The zero-order chi connectivity index (χ0) is 35.4. The van der Waals surface area contributed by atoms with E-state index in [-0.39, 0.29) is 50.7 Å². The Morgan fingerprint density at radius 1 is 1.04 bits per heavy atom. The van der Waals surface area contributed by atoms with Crippen molar-refractivity contribution in [2.45, 2.75) is 62.7 Å². The summed E-state index contributed by atoms with van der Waals surface area (Å²) in [6.45, 7) is 0.680. The number of carboxylic acids is 1. The van der Waals surface area contributed by atoms with Crippen LogP contribution in [0.25, 0.3) is 5.57 Å². The van der Waals surface area contributed by atoms with Gasteiger partial charge in [0.05, 0.1) is 19.6 Å². The van der Waals surface area contributed by atoms with E-state index < -0.39 is 40.7 Å². The van der Waals surface area contributed by atoms with Crippen molar-refractivity contribution >= 4 is 35.1 Å². The molecule has 0 spiro atoms. The van der Waals surface area contributed by atoms with Gasteiger partial charge in [0.2, 0.25) is 11.7 Å². The number of rotatable bonds is 13. The summed E-state index contributed by atoms with van der Waals surface area (Å²) in [7, 11) is 0. The molecule has 2 atom stereocenters. The van der Waals surface area contributed by atoms with Crippen molar-refractivity contribution < 1.29 is 37.4 Å². The van der Waals surface area contributed by atoms with Crippen molar-refractivity contribution in [3.05, 3.63) is 106 Å². The van der Waals surface area contributed by atoms with Crippen LogP contribution in [0.2, 0.25) is 5.02 Å². The van der Waals surface area contributed by atoms with Crippen LogP contribution in [0.15, 0.2) is 66.7 Å². The summed E-state index contributed by atoms with van der Waals surface area (Å²) in [4.78, 5) is 42.4. The Morgan fingerprint density at radius 2 is 1.78 bits per heavy atom. The number of carbonyl (C=O) groups is 3. The Morgan fingerprint density at radius 3 is 2.50 bits per heavy atom. The van der Waals surface area contributed by atoms with E-state index in [0.717, 1.165) is 41.2 Å². The number of piperazine rings is 1. The molecule has 2 heterocycles. The highest BCUT2D eigenvalue weighted by Gasteiger charge is 2.52. The van der Waals surface area contributed by atoms with E-state index in [1.165, 1.54) is 0 Å². The lowest BCUT2D eigenvalue weighted by atomic mass is 9.78. The largest absolute Gasteiger partial charge is 0.488 e. The number of ether oxygens (including phenoxy) is 1. The summed E-state index contributed by atoms with van der Waals surface area (Å²) < 4.78 is 46.5. The average molecular weight is 711 g/mol. The van der Waals surface area contributed by atoms with Gasteiger partial charge in [-0.05, 0) is 66.1 Å². The number of aliphatic carboxylic acids is 1. The Bertz CT molecular complexity index is 1790. The molecule has 0 radical (unpaired) electrons. The fourth-order valence-corrected chi connectivity index (χ4v) is 6.86. The van der Waals surface area contributed by atoms with E-state index >= 15 is 0 Å². The van der Waals surface area contributed by atoms with Crippen LogP contribution in [0.3, 0.4) is 0 Å². The number of benzene rings is 3. The van der Waals surface area contributed by atoms with Gasteiger partial charge in [-0.1, -0.05) is 60.1 Å². The number of carboxylic acid groups (broad SMARTS) is 1. The van der Waals surface area contributed by atoms with E-state index in [2.05, 4.69) is 10.6 Å². The van der Waals surface area contributed by atoms with E-state index in [0.29, 0.717) is 36.9 Å². The van der Waals surface area contributed by atoms with E-state index in [1.807, 2.05) is 53.4 Å². The van der Waals surface area contributed by atoms with Crippen LogP contribution in [-0.4, -0.2) is 76.7 Å². The molecule has 0 aromatic heterocycles. The Labute approximate surface area is 293 Å². The quantitative estimate of drug-likeness (QED) is 0.150. The molecule has 2 bridgehead atoms. The molecule has 13 heteroatoms. The predicted octanol–water partition coefficient (Wildman–Crippen LogP) is 5.94. The van der Waals surface area contributed by atoms with Gasteiger partial charge in [-0.25, -0.2) is 13.6 Å². The zero-order valence-electron chi connectivity index (χ0n) is 27.3. The minimum atomic E-state index is -1.35. The second kappa shape index (κ2) is 15.1. The van der Waals surface area contributed by atoms with Crippen molar-refractivity contribution in [3.63, 3.8) is 0 Å². The molecule has 0 unspecified atom stereocenters. The molecular weight excluding hydrogens is 673 g/mol. The van der Waals surface area contributed by atoms with Gasteiger partial charge in [-0.3, -0.25) is 14.9 Å². The number of nitrogens with one attached hydrogen (secondary N) is 2. The van der Waals surface area contributed by atoms with Crippen molar-refractivity contribution in [2.24, 2.45) is 0 Å². The number of amides is 3. The van der Waals surface area contributed by atoms with Crippen LogP contribution in [-0.2, 0) is 22.6 Å². The third-order valence-corrected chi connectivity index (χ3v) is 9.64. The molecule has 264 valence electrons. The lowest BCUT2D eigenvalue weighted by Crippen LogP contribution is -2.73. The molecule has 1 saturated carbocycles. The Hall–Kier alpha value is -4.55. The first-order valence-corrected chi connectivity index (χ1v) is 17.0. The van der Waals surface area contributed by atoms with Crippen LogP contribution < -0.4 is 15.4 Å². The number of fused-ring (bicyclic) bond motifs is 2. The molecule has 2 fully saturated rings. The standard InChI is InChI=1S/C37H38ClF3N4O5/c38-29-6-2-1-5-25(29)20-45(28-11-12-28)35(48)37-19-26(18-27(43-37)21-44(22-37)36(49)42-16-15-32(46)47)24-9-7-23(8-10-24)4-3-17-50-34-31(40)14-13-30(39)33(34)41/h1-2,5-10,13-14,18,27-28,43H,3-4,11-12,15-17,19-22H2,(H,42,49)(H,46,47)/t27-,37+/m0/s1. The van der Waals surface area contributed by atoms with Crippen molar-refractivity contribution in [1.82, 2.24) is 20.4 Å². The maximum Gasteiger partial charge on any atom is 0.317 e. The number of nitrogens with zero attached hydrogens (tertiary/aromatic N) is 2. The molecule has 3 aromatic carbocycles. The van der Waals surface area contributed by atoms with Crippen molar-refractivity contribution in [3.8, 4) is 5.75 Å². The molecule has 1 saturated heterocycles. The topological polar surface area (TPSA) is 111 Å². The second-order valence-electron chi connectivity index (χ2n) is 13.0. The van der Waals surface area contributed by atoms with Crippen LogP contribution in [0.4, 0.5) is 18.0 Å². The summed E-state index contributed by atoms with van der Waals surface area (Å²) in [5, 5.41) is 15.8. The van der Waals surface area contributed by atoms with Gasteiger partial charge in [0.25, 0.3) is 0 Å². The molecular formula is C37H38ClF3N4O5. The van der Waals surface area contributed by atoms with Crippen molar-refractivity contribution in [2.75, 3.05) is 26.2 Å². The maximum atomic E-state index is 14.7. The van der Waals surface area contributed by atoms with Gasteiger partial charge in [0.15, 0.2) is 17.4 Å². The molecule has 3 N–H and O–H groups in total. The highest BCUT2D eigenvalue weighted by atomic mass is 35.5. The summed E-state index contributed by atoms with van der Waals surface area (Å²) in [6, 6.07) is 16.1. The van der Waals surface area contributed by atoms with Crippen molar-refractivity contribution in [1.29, 1.82) is 0 Å². The Balaban J connectivity index is 1.19. The van der Waals surface area contributed by atoms with Crippen LogP contribution >= 0.6 is 11.6 Å². The fourth-order valence-electron chi connectivity index (χ4n) is 6.66. The monoisotopic (exact) mass is 710 g/mol. The minimum Gasteiger partial charge on any atom is -0.488 e. The molecule has 3 amide bonds. The maximum absolute atomic E-state index is 14.7. The SMILES string of the molecule is O=C(O)CCNC(=O)N1C[C@@H]2C=C(c3ccc(CCCOc4c(F)ccc(F)c4F)cc3)C[C@](C(=O)N(Cc3ccccc3Cl)C3CC3)(C1)N2. The number of carbonyl (C=O) groups excluding carboxylic acids is 2. The van der Waals surface area contributed by atoms with Crippen LogP contribution in [0, 0.1) is 17.5 Å². The third kappa shape index (κ3) is 8.08. The predicted molar refractivity (Wildman–Crippen MR) is 181 cm³/mol. The number of hydrogen-bond acceptors (Lipinski definition) is 5. The van der Waals surface area contributed by atoms with E-state index in [4.69, 9.17) is 21.4 Å². The lowest BCUT2D eigenvalue weighted by Gasteiger charge is -2.50. The number of hydrogen-bond donors (Lipinski definition) is 3. The molecule has 9 nitrogen and oxygen atoms in total. The molecule has 6 rings (SSSR count). The first kappa shape index (κ1) is 35.3. The van der Waals surface area contributed by atoms with Gasteiger partial charge >= 0.3 is 12.0 Å². The van der Waals surface area contributed by atoms with E-state index in [9.17, 15) is 27.6 Å². The summed E-state index contributed by atoms with van der Waals surface area (Å²) in [6.07, 6.45) is 4.86.